The average Bonchev–Trinajstić information content (AvgIpc) is 3.02. The van der Waals surface area contributed by atoms with Crippen LogP contribution in [0, 0.1) is 10.1 Å². The highest BCUT2D eigenvalue weighted by atomic mass is 16.7. The molecule has 2 heterocycles. The number of non-ortho nitro benzene ring substituents is 1. The molecular weight excluding hydrogens is 334 g/mol. The van der Waals surface area contributed by atoms with Crippen LogP contribution in [-0.2, 0) is 6.42 Å². The maximum atomic E-state index is 10.8. The van der Waals surface area contributed by atoms with Crippen molar-refractivity contribution in [3.05, 3.63) is 69.3 Å². The molecule has 1 N–H and O–H groups in total. The normalized spacial score (nSPS) is 18.0. The first-order valence-electron chi connectivity index (χ1n) is 8.29. The summed E-state index contributed by atoms with van der Waals surface area (Å²) in [6.07, 6.45) is 4.60. The third kappa shape index (κ3) is 3.11. The molecule has 1 atom stereocenters. The number of nitro groups is 1. The second-order valence-corrected chi connectivity index (χ2v) is 6.28. The fraction of sp³-hybridized carbons (Fsp3) is 0.211. The van der Waals surface area contributed by atoms with Gasteiger partial charge in [0.15, 0.2) is 11.5 Å². The number of allylic oxidation sites excluding steroid dienone is 1. The van der Waals surface area contributed by atoms with Gasteiger partial charge in [0, 0.05) is 23.7 Å². The summed E-state index contributed by atoms with van der Waals surface area (Å²) in [6, 6.07) is 10.6. The smallest absolute Gasteiger partial charge is 0.269 e. The summed E-state index contributed by atoms with van der Waals surface area (Å²) >= 11 is 0. The highest BCUT2D eigenvalue weighted by molar-refractivity contribution is 6.12. The van der Waals surface area contributed by atoms with E-state index in [1.165, 1.54) is 12.1 Å². The molecule has 0 aromatic heterocycles. The Labute approximate surface area is 150 Å². The van der Waals surface area contributed by atoms with Crippen molar-refractivity contribution in [2.75, 3.05) is 6.79 Å². The standard InChI is InChI=1S/C19H17N3O4/c1-12-8-14-9-18-19(26-11-25-18)10-16(14)17(21-20-12)7-4-13-2-5-15(6-3-13)22(23)24/h2-7,9-10,12,20H,8,11H2,1H3/b7-4+. The lowest BCUT2D eigenvalue weighted by Gasteiger charge is -2.10. The van der Waals surface area contributed by atoms with Crippen molar-refractivity contribution in [2.24, 2.45) is 5.10 Å². The summed E-state index contributed by atoms with van der Waals surface area (Å²) in [5, 5.41) is 15.3. The molecule has 1 unspecified atom stereocenters. The SMILES string of the molecule is CC1Cc2cc3c(cc2C(/C=C/c2ccc([N+](=O)[O-])cc2)=NN1)OCO3. The number of fused-ring (bicyclic) bond motifs is 2. The minimum absolute atomic E-state index is 0.0718. The van der Waals surface area contributed by atoms with Gasteiger partial charge >= 0.3 is 0 Å². The Balaban J connectivity index is 1.67. The van der Waals surface area contributed by atoms with E-state index < -0.39 is 4.92 Å². The molecule has 2 aromatic carbocycles. The van der Waals surface area contributed by atoms with Crippen LogP contribution >= 0.6 is 0 Å². The lowest BCUT2D eigenvalue weighted by atomic mass is 9.97. The second-order valence-electron chi connectivity index (χ2n) is 6.28. The van der Waals surface area contributed by atoms with Crippen LogP contribution in [0.15, 0.2) is 47.6 Å². The van der Waals surface area contributed by atoms with E-state index in [0.717, 1.165) is 40.3 Å². The summed E-state index contributed by atoms with van der Waals surface area (Å²) in [6.45, 7) is 2.30. The molecule has 0 amide bonds. The lowest BCUT2D eigenvalue weighted by Crippen LogP contribution is -2.21. The van der Waals surface area contributed by atoms with Crippen molar-refractivity contribution >= 4 is 17.5 Å². The van der Waals surface area contributed by atoms with E-state index in [-0.39, 0.29) is 18.5 Å². The van der Waals surface area contributed by atoms with Gasteiger partial charge in [-0.05, 0) is 54.8 Å². The number of hydrogen-bond acceptors (Lipinski definition) is 6. The van der Waals surface area contributed by atoms with Gasteiger partial charge < -0.3 is 14.9 Å². The number of nitro benzene ring substituents is 1. The van der Waals surface area contributed by atoms with Crippen molar-refractivity contribution < 1.29 is 14.4 Å². The maximum absolute atomic E-state index is 10.8. The van der Waals surface area contributed by atoms with E-state index in [1.54, 1.807) is 12.1 Å². The Morgan fingerprint density at radius 1 is 1.19 bits per heavy atom. The van der Waals surface area contributed by atoms with Crippen LogP contribution in [0.4, 0.5) is 5.69 Å². The van der Waals surface area contributed by atoms with Crippen LogP contribution in [0.3, 0.4) is 0 Å². The van der Waals surface area contributed by atoms with Gasteiger partial charge in [0.2, 0.25) is 6.79 Å². The van der Waals surface area contributed by atoms with Crippen molar-refractivity contribution in [1.29, 1.82) is 0 Å². The zero-order valence-electron chi connectivity index (χ0n) is 14.1. The monoisotopic (exact) mass is 351 g/mol. The Kier molecular flexibility index (Phi) is 4.04. The molecule has 0 fully saturated rings. The van der Waals surface area contributed by atoms with E-state index in [9.17, 15) is 10.1 Å². The van der Waals surface area contributed by atoms with Gasteiger partial charge in [-0.2, -0.15) is 5.10 Å². The molecule has 0 aliphatic carbocycles. The lowest BCUT2D eigenvalue weighted by molar-refractivity contribution is -0.384. The number of nitrogens with one attached hydrogen (secondary N) is 1. The molecule has 4 rings (SSSR count). The quantitative estimate of drug-likeness (QED) is 0.677. The molecular formula is C19H17N3O4. The molecule has 7 heteroatoms. The van der Waals surface area contributed by atoms with Gasteiger partial charge in [-0.3, -0.25) is 10.1 Å². The highest BCUT2D eigenvalue weighted by Crippen LogP contribution is 2.36. The minimum atomic E-state index is -0.410. The van der Waals surface area contributed by atoms with Crippen molar-refractivity contribution in [3.63, 3.8) is 0 Å². The molecule has 7 nitrogen and oxygen atoms in total. The zero-order valence-corrected chi connectivity index (χ0v) is 14.1. The fourth-order valence-electron chi connectivity index (χ4n) is 3.02. The summed E-state index contributed by atoms with van der Waals surface area (Å²) < 4.78 is 11.0. The average molecular weight is 351 g/mol. The molecule has 2 aromatic rings. The van der Waals surface area contributed by atoms with Crippen molar-refractivity contribution in [2.45, 2.75) is 19.4 Å². The van der Waals surface area contributed by atoms with E-state index in [2.05, 4.69) is 17.5 Å². The fourth-order valence-corrected chi connectivity index (χ4v) is 3.02. The summed E-state index contributed by atoms with van der Waals surface area (Å²) in [4.78, 5) is 10.3. The molecule has 0 radical (unpaired) electrons. The largest absolute Gasteiger partial charge is 0.454 e. The predicted octanol–water partition coefficient (Wildman–Crippen LogP) is 3.28. The predicted molar refractivity (Wildman–Crippen MR) is 97.5 cm³/mol. The summed E-state index contributed by atoms with van der Waals surface area (Å²) in [5.74, 6) is 1.48. The van der Waals surface area contributed by atoms with E-state index in [0.29, 0.717) is 0 Å². The number of hydrogen-bond donors (Lipinski definition) is 1. The third-order valence-electron chi connectivity index (χ3n) is 4.34. The summed E-state index contributed by atoms with van der Waals surface area (Å²) in [7, 11) is 0. The zero-order chi connectivity index (χ0) is 18.1. The van der Waals surface area contributed by atoms with Crippen LogP contribution in [-0.4, -0.2) is 23.5 Å². The van der Waals surface area contributed by atoms with Crippen LogP contribution in [0.1, 0.15) is 23.6 Å². The second kappa shape index (κ2) is 6.51. The van der Waals surface area contributed by atoms with Gasteiger partial charge in [-0.1, -0.05) is 6.08 Å². The molecule has 132 valence electrons. The molecule has 0 bridgehead atoms. The van der Waals surface area contributed by atoms with Gasteiger partial charge in [0.05, 0.1) is 10.6 Å². The first kappa shape index (κ1) is 16.1. The number of benzene rings is 2. The maximum Gasteiger partial charge on any atom is 0.269 e. The summed E-state index contributed by atoms with van der Waals surface area (Å²) in [5.41, 5.74) is 6.98. The number of nitrogens with zero attached hydrogens (tertiary/aromatic N) is 2. The molecule has 0 saturated carbocycles. The van der Waals surface area contributed by atoms with Gasteiger partial charge in [-0.15, -0.1) is 0 Å². The Hall–Kier alpha value is -3.35. The van der Waals surface area contributed by atoms with Crippen LogP contribution in [0.25, 0.3) is 6.08 Å². The van der Waals surface area contributed by atoms with Crippen LogP contribution in [0.2, 0.25) is 0 Å². The third-order valence-corrected chi connectivity index (χ3v) is 4.34. The van der Waals surface area contributed by atoms with Gasteiger partial charge in [-0.25, -0.2) is 0 Å². The first-order valence-corrected chi connectivity index (χ1v) is 8.29. The van der Waals surface area contributed by atoms with Crippen LogP contribution < -0.4 is 14.9 Å². The minimum Gasteiger partial charge on any atom is -0.454 e. The molecule has 26 heavy (non-hydrogen) atoms. The first-order chi connectivity index (χ1) is 12.6. The molecule has 2 aliphatic rings. The highest BCUT2D eigenvalue weighted by Gasteiger charge is 2.22. The van der Waals surface area contributed by atoms with E-state index >= 15 is 0 Å². The Morgan fingerprint density at radius 2 is 1.92 bits per heavy atom. The van der Waals surface area contributed by atoms with Gasteiger partial charge in [0.1, 0.15) is 0 Å². The topological polar surface area (TPSA) is 86.0 Å². The van der Waals surface area contributed by atoms with Crippen molar-refractivity contribution in [3.8, 4) is 11.5 Å². The molecule has 0 spiro atoms. The number of rotatable bonds is 3. The Bertz CT molecular complexity index is 919. The molecule has 2 aliphatic heterocycles. The number of hydrazone groups is 1. The van der Waals surface area contributed by atoms with E-state index in [1.807, 2.05) is 24.3 Å². The van der Waals surface area contributed by atoms with Crippen LogP contribution in [0.5, 0.6) is 11.5 Å². The van der Waals surface area contributed by atoms with E-state index in [4.69, 9.17) is 9.47 Å². The Morgan fingerprint density at radius 3 is 2.65 bits per heavy atom. The van der Waals surface area contributed by atoms with Crippen molar-refractivity contribution in [1.82, 2.24) is 5.43 Å². The van der Waals surface area contributed by atoms with Gasteiger partial charge in [0.25, 0.3) is 5.69 Å². The molecule has 0 saturated heterocycles. The number of ether oxygens (including phenoxy) is 2.